The maximum Gasteiger partial charge on any atom is 0.332 e. The fourth-order valence-electron chi connectivity index (χ4n) is 1.39. The predicted molar refractivity (Wildman–Crippen MR) is 70.1 cm³/mol. The number of esters is 1. The van der Waals surface area contributed by atoms with Crippen molar-refractivity contribution in [2.24, 2.45) is 0 Å². The third-order valence-electron chi connectivity index (χ3n) is 2.33. The van der Waals surface area contributed by atoms with Crippen LogP contribution < -0.4 is 4.74 Å². The normalized spacial score (nSPS) is 10.2. The van der Waals surface area contributed by atoms with Crippen LogP contribution in [0.25, 0.3) is 0 Å². The van der Waals surface area contributed by atoms with Gasteiger partial charge in [-0.2, -0.15) is 0 Å². The second-order valence-corrected chi connectivity index (χ2v) is 3.76. The second kappa shape index (κ2) is 9.35. The van der Waals surface area contributed by atoms with Crippen molar-refractivity contribution in [2.75, 3.05) is 33.5 Å². The van der Waals surface area contributed by atoms with Gasteiger partial charge in [0.1, 0.15) is 12.4 Å². The van der Waals surface area contributed by atoms with Gasteiger partial charge in [0.05, 0.1) is 33.5 Å². The van der Waals surface area contributed by atoms with Gasteiger partial charge in [-0.1, -0.05) is 12.1 Å². The van der Waals surface area contributed by atoms with Gasteiger partial charge in [-0.25, -0.2) is 4.79 Å². The molecule has 0 unspecified atom stereocenters. The molecule has 0 aliphatic heterocycles. The van der Waals surface area contributed by atoms with Crippen molar-refractivity contribution in [3.05, 3.63) is 29.8 Å². The van der Waals surface area contributed by atoms with Crippen molar-refractivity contribution in [3.63, 3.8) is 0 Å². The second-order valence-electron chi connectivity index (χ2n) is 3.76. The SMILES string of the molecule is CCOC(=O)COCCOCc1ccc(OC)cc1. The van der Waals surface area contributed by atoms with Gasteiger partial charge in [0.15, 0.2) is 0 Å². The topological polar surface area (TPSA) is 54.0 Å². The van der Waals surface area contributed by atoms with E-state index in [1.165, 1.54) is 0 Å². The van der Waals surface area contributed by atoms with E-state index >= 15 is 0 Å². The first-order chi connectivity index (χ1) is 9.26. The molecule has 0 radical (unpaired) electrons. The Morgan fingerprint density at radius 3 is 2.42 bits per heavy atom. The molecule has 0 fully saturated rings. The largest absolute Gasteiger partial charge is 0.497 e. The van der Waals surface area contributed by atoms with E-state index in [0.717, 1.165) is 11.3 Å². The lowest BCUT2D eigenvalue weighted by Crippen LogP contribution is -2.14. The van der Waals surface area contributed by atoms with Gasteiger partial charge in [0.2, 0.25) is 0 Å². The summed E-state index contributed by atoms with van der Waals surface area (Å²) in [6.07, 6.45) is 0. The van der Waals surface area contributed by atoms with Gasteiger partial charge in [0.25, 0.3) is 0 Å². The number of benzene rings is 1. The molecule has 0 N–H and O–H groups in total. The number of ether oxygens (including phenoxy) is 4. The highest BCUT2D eigenvalue weighted by Gasteiger charge is 2.00. The molecule has 0 atom stereocenters. The van der Waals surface area contributed by atoms with E-state index in [0.29, 0.717) is 26.4 Å². The van der Waals surface area contributed by atoms with E-state index in [2.05, 4.69) is 0 Å². The number of carbonyl (C=O) groups is 1. The maximum atomic E-state index is 11.0. The van der Waals surface area contributed by atoms with Gasteiger partial charge < -0.3 is 18.9 Å². The van der Waals surface area contributed by atoms with Crippen molar-refractivity contribution in [3.8, 4) is 5.75 Å². The van der Waals surface area contributed by atoms with Gasteiger partial charge in [-0.15, -0.1) is 0 Å². The van der Waals surface area contributed by atoms with E-state index in [1.54, 1.807) is 14.0 Å². The Balaban J connectivity index is 2.05. The van der Waals surface area contributed by atoms with Crippen LogP contribution in [0.5, 0.6) is 5.75 Å². The molecule has 1 rings (SSSR count). The van der Waals surface area contributed by atoms with Crippen LogP contribution in [-0.4, -0.2) is 39.5 Å². The van der Waals surface area contributed by atoms with E-state index in [9.17, 15) is 4.79 Å². The van der Waals surface area contributed by atoms with Crippen molar-refractivity contribution < 1.29 is 23.7 Å². The summed E-state index contributed by atoms with van der Waals surface area (Å²) >= 11 is 0. The Morgan fingerprint density at radius 2 is 1.79 bits per heavy atom. The first-order valence-electron chi connectivity index (χ1n) is 6.20. The van der Waals surface area contributed by atoms with Gasteiger partial charge in [0, 0.05) is 0 Å². The average Bonchev–Trinajstić information content (AvgIpc) is 2.43. The van der Waals surface area contributed by atoms with Gasteiger partial charge in [-0.3, -0.25) is 0 Å². The van der Waals surface area contributed by atoms with Crippen molar-refractivity contribution in [2.45, 2.75) is 13.5 Å². The standard InChI is InChI=1S/C14H20O5/c1-3-19-14(15)11-18-9-8-17-10-12-4-6-13(16-2)7-5-12/h4-7H,3,8-11H2,1-2H3. The number of methoxy groups -OCH3 is 1. The number of carbonyl (C=O) groups excluding carboxylic acids is 1. The molecule has 0 aliphatic carbocycles. The minimum atomic E-state index is -0.349. The lowest BCUT2D eigenvalue weighted by atomic mass is 10.2. The highest BCUT2D eigenvalue weighted by molar-refractivity contribution is 5.70. The molecule has 1 aromatic carbocycles. The van der Waals surface area contributed by atoms with Crippen molar-refractivity contribution in [1.82, 2.24) is 0 Å². The maximum absolute atomic E-state index is 11.0. The lowest BCUT2D eigenvalue weighted by molar-refractivity contribution is -0.148. The average molecular weight is 268 g/mol. The first-order valence-corrected chi connectivity index (χ1v) is 6.20. The third kappa shape index (κ3) is 6.79. The minimum absolute atomic E-state index is 0.0280. The summed E-state index contributed by atoms with van der Waals surface area (Å²) in [5.74, 6) is 0.471. The first kappa shape index (κ1) is 15.5. The van der Waals surface area contributed by atoms with Crippen LogP contribution in [0.15, 0.2) is 24.3 Å². The van der Waals surface area contributed by atoms with E-state index in [1.807, 2.05) is 24.3 Å². The minimum Gasteiger partial charge on any atom is -0.497 e. The lowest BCUT2D eigenvalue weighted by Gasteiger charge is -2.06. The zero-order chi connectivity index (χ0) is 13.9. The molecule has 106 valence electrons. The van der Waals surface area contributed by atoms with E-state index in [-0.39, 0.29) is 12.6 Å². The molecule has 5 heteroatoms. The smallest absolute Gasteiger partial charge is 0.332 e. The Kier molecular flexibility index (Phi) is 7.62. The zero-order valence-electron chi connectivity index (χ0n) is 11.4. The fourth-order valence-corrected chi connectivity index (χ4v) is 1.39. The molecular formula is C14H20O5. The van der Waals surface area contributed by atoms with Crippen LogP contribution in [0.1, 0.15) is 12.5 Å². The summed E-state index contributed by atoms with van der Waals surface area (Å²) < 4.78 is 20.3. The number of hydrogen-bond donors (Lipinski definition) is 0. The summed E-state index contributed by atoms with van der Waals surface area (Å²) in [4.78, 5) is 11.0. The summed E-state index contributed by atoms with van der Waals surface area (Å²) in [6.45, 7) is 3.42. The van der Waals surface area contributed by atoms with E-state index < -0.39 is 0 Å². The highest BCUT2D eigenvalue weighted by Crippen LogP contribution is 2.11. The summed E-state index contributed by atoms with van der Waals surface area (Å²) in [7, 11) is 1.63. The zero-order valence-corrected chi connectivity index (χ0v) is 11.4. The van der Waals surface area contributed by atoms with Crippen molar-refractivity contribution >= 4 is 5.97 Å². The molecule has 0 aliphatic rings. The molecule has 1 aromatic rings. The number of rotatable bonds is 9. The Bertz CT molecular complexity index is 361. The monoisotopic (exact) mass is 268 g/mol. The Labute approximate surface area is 113 Å². The van der Waals surface area contributed by atoms with E-state index in [4.69, 9.17) is 18.9 Å². The van der Waals surface area contributed by atoms with Crippen LogP contribution >= 0.6 is 0 Å². The molecule has 0 bridgehead atoms. The van der Waals surface area contributed by atoms with Crippen LogP contribution in [0.3, 0.4) is 0 Å². The molecule has 0 saturated carbocycles. The Morgan fingerprint density at radius 1 is 1.11 bits per heavy atom. The van der Waals surface area contributed by atoms with Crippen LogP contribution in [-0.2, 0) is 25.6 Å². The molecule has 0 saturated heterocycles. The molecule has 0 amide bonds. The molecule has 0 spiro atoms. The van der Waals surface area contributed by atoms with Gasteiger partial charge in [-0.05, 0) is 24.6 Å². The van der Waals surface area contributed by atoms with Crippen molar-refractivity contribution in [1.29, 1.82) is 0 Å². The van der Waals surface area contributed by atoms with Crippen LogP contribution in [0, 0.1) is 0 Å². The number of hydrogen-bond acceptors (Lipinski definition) is 5. The van der Waals surface area contributed by atoms with Gasteiger partial charge >= 0.3 is 5.97 Å². The third-order valence-corrected chi connectivity index (χ3v) is 2.33. The highest BCUT2D eigenvalue weighted by atomic mass is 16.6. The summed E-state index contributed by atoms with van der Waals surface area (Å²) in [5, 5.41) is 0. The predicted octanol–water partition coefficient (Wildman–Crippen LogP) is 1.79. The fraction of sp³-hybridized carbons (Fsp3) is 0.500. The molecule has 0 aromatic heterocycles. The quantitative estimate of drug-likeness (QED) is 0.505. The molecule has 0 heterocycles. The van der Waals surface area contributed by atoms with Crippen LogP contribution in [0.4, 0.5) is 0 Å². The summed E-state index contributed by atoms with van der Waals surface area (Å²) in [5.41, 5.74) is 1.06. The van der Waals surface area contributed by atoms with Crippen LogP contribution in [0.2, 0.25) is 0 Å². The summed E-state index contributed by atoms with van der Waals surface area (Å²) in [6, 6.07) is 7.66. The molecule has 19 heavy (non-hydrogen) atoms. The molecule has 5 nitrogen and oxygen atoms in total. The Hall–Kier alpha value is -1.59. The molecular weight excluding hydrogens is 248 g/mol.